The highest BCUT2D eigenvalue weighted by Gasteiger charge is 2.11. The Balaban J connectivity index is 2.11. The minimum atomic E-state index is -0.394. The molecule has 0 aromatic heterocycles. The standard InChI is InChI=1S/C15H13BrFNO2/c1-2-20-12-6-4-11(5-7-12)18-15(19)13-8-3-10(17)9-14(13)16/h3-9H,2H2,1H3,(H,18,19). The molecule has 104 valence electrons. The lowest BCUT2D eigenvalue weighted by molar-refractivity contribution is 0.102. The highest BCUT2D eigenvalue weighted by Crippen LogP contribution is 2.21. The Labute approximate surface area is 124 Å². The van der Waals surface area contributed by atoms with E-state index in [1.807, 2.05) is 6.92 Å². The van der Waals surface area contributed by atoms with E-state index in [-0.39, 0.29) is 5.91 Å². The van der Waals surface area contributed by atoms with Gasteiger partial charge in [-0.25, -0.2) is 4.39 Å². The van der Waals surface area contributed by atoms with Crippen LogP contribution >= 0.6 is 15.9 Å². The summed E-state index contributed by atoms with van der Waals surface area (Å²) in [4.78, 5) is 12.1. The van der Waals surface area contributed by atoms with Crippen LogP contribution in [0.25, 0.3) is 0 Å². The lowest BCUT2D eigenvalue weighted by Gasteiger charge is -2.08. The van der Waals surface area contributed by atoms with Gasteiger partial charge in [-0.15, -0.1) is 0 Å². The summed E-state index contributed by atoms with van der Waals surface area (Å²) in [5, 5.41) is 2.74. The van der Waals surface area contributed by atoms with E-state index in [0.29, 0.717) is 22.3 Å². The molecule has 2 aromatic rings. The van der Waals surface area contributed by atoms with E-state index in [2.05, 4.69) is 21.2 Å². The van der Waals surface area contributed by atoms with Crippen LogP contribution in [0.4, 0.5) is 10.1 Å². The number of anilines is 1. The molecular weight excluding hydrogens is 325 g/mol. The molecule has 0 unspecified atom stereocenters. The maximum absolute atomic E-state index is 13.0. The normalized spacial score (nSPS) is 10.2. The van der Waals surface area contributed by atoms with Crippen molar-refractivity contribution in [3.8, 4) is 5.75 Å². The van der Waals surface area contributed by atoms with Gasteiger partial charge in [0, 0.05) is 10.2 Å². The first-order valence-corrected chi connectivity index (χ1v) is 6.88. The number of carbonyl (C=O) groups is 1. The average Bonchev–Trinajstić information content (AvgIpc) is 2.41. The summed E-state index contributed by atoms with van der Waals surface area (Å²) in [6.07, 6.45) is 0. The number of ether oxygens (including phenoxy) is 1. The van der Waals surface area contributed by atoms with E-state index in [0.717, 1.165) is 5.75 Å². The van der Waals surface area contributed by atoms with Crippen LogP contribution in [0.15, 0.2) is 46.9 Å². The highest BCUT2D eigenvalue weighted by atomic mass is 79.9. The topological polar surface area (TPSA) is 38.3 Å². The Morgan fingerprint density at radius 1 is 1.25 bits per heavy atom. The maximum Gasteiger partial charge on any atom is 0.256 e. The van der Waals surface area contributed by atoms with Crippen LogP contribution in [0.2, 0.25) is 0 Å². The monoisotopic (exact) mass is 337 g/mol. The summed E-state index contributed by atoms with van der Waals surface area (Å²) in [5.41, 5.74) is 1.02. The Kier molecular flexibility index (Phi) is 4.74. The zero-order valence-electron chi connectivity index (χ0n) is 10.8. The number of benzene rings is 2. The second-order valence-electron chi connectivity index (χ2n) is 4.04. The number of amides is 1. The molecule has 0 atom stereocenters. The van der Waals surface area contributed by atoms with E-state index < -0.39 is 5.82 Å². The largest absolute Gasteiger partial charge is 0.494 e. The number of nitrogens with one attached hydrogen (secondary N) is 1. The number of hydrogen-bond donors (Lipinski definition) is 1. The molecular formula is C15H13BrFNO2. The fraction of sp³-hybridized carbons (Fsp3) is 0.133. The van der Waals surface area contributed by atoms with Crippen molar-refractivity contribution in [1.82, 2.24) is 0 Å². The first-order chi connectivity index (χ1) is 9.60. The van der Waals surface area contributed by atoms with Crippen LogP contribution in [-0.4, -0.2) is 12.5 Å². The molecule has 2 aromatic carbocycles. The summed E-state index contributed by atoms with van der Waals surface area (Å²) >= 11 is 3.17. The maximum atomic E-state index is 13.0. The van der Waals surface area contributed by atoms with Crippen molar-refractivity contribution in [2.24, 2.45) is 0 Å². The van der Waals surface area contributed by atoms with Crippen molar-refractivity contribution in [3.63, 3.8) is 0 Å². The minimum Gasteiger partial charge on any atom is -0.494 e. The lowest BCUT2D eigenvalue weighted by atomic mass is 10.2. The first kappa shape index (κ1) is 14.5. The molecule has 0 aliphatic rings. The SMILES string of the molecule is CCOc1ccc(NC(=O)c2ccc(F)cc2Br)cc1. The second-order valence-corrected chi connectivity index (χ2v) is 4.89. The Hall–Kier alpha value is -1.88. The Bertz CT molecular complexity index is 614. The quantitative estimate of drug-likeness (QED) is 0.906. The van der Waals surface area contributed by atoms with Gasteiger partial charge in [-0.05, 0) is 65.3 Å². The van der Waals surface area contributed by atoms with Gasteiger partial charge in [0.2, 0.25) is 0 Å². The zero-order valence-corrected chi connectivity index (χ0v) is 12.4. The smallest absolute Gasteiger partial charge is 0.256 e. The average molecular weight is 338 g/mol. The molecule has 1 amide bonds. The third-order valence-electron chi connectivity index (χ3n) is 2.60. The van der Waals surface area contributed by atoms with Crippen molar-refractivity contribution in [2.75, 3.05) is 11.9 Å². The molecule has 0 heterocycles. The Morgan fingerprint density at radius 3 is 2.55 bits per heavy atom. The molecule has 0 bridgehead atoms. The summed E-state index contributed by atoms with van der Waals surface area (Å²) < 4.78 is 18.7. The van der Waals surface area contributed by atoms with E-state index in [4.69, 9.17) is 4.74 Å². The van der Waals surface area contributed by atoms with Gasteiger partial charge in [-0.3, -0.25) is 4.79 Å². The molecule has 5 heteroatoms. The molecule has 0 aliphatic heterocycles. The van der Waals surface area contributed by atoms with Crippen LogP contribution in [0.1, 0.15) is 17.3 Å². The third kappa shape index (κ3) is 3.57. The number of halogens is 2. The van der Waals surface area contributed by atoms with Crippen LogP contribution in [0.5, 0.6) is 5.75 Å². The van der Waals surface area contributed by atoms with Gasteiger partial charge < -0.3 is 10.1 Å². The molecule has 0 spiro atoms. The van der Waals surface area contributed by atoms with Crippen LogP contribution in [0, 0.1) is 5.82 Å². The summed E-state index contributed by atoms with van der Waals surface area (Å²) in [5.74, 6) is 0.0454. The lowest BCUT2D eigenvalue weighted by Crippen LogP contribution is -2.12. The highest BCUT2D eigenvalue weighted by molar-refractivity contribution is 9.10. The van der Waals surface area contributed by atoms with Gasteiger partial charge in [-0.2, -0.15) is 0 Å². The molecule has 2 rings (SSSR count). The zero-order chi connectivity index (χ0) is 14.5. The van der Waals surface area contributed by atoms with Crippen LogP contribution < -0.4 is 10.1 Å². The van der Waals surface area contributed by atoms with Crippen molar-refractivity contribution in [2.45, 2.75) is 6.92 Å². The Morgan fingerprint density at radius 2 is 1.95 bits per heavy atom. The second kappa shape index (κ2) is 6.52. The molecule has 0 saturated heterocycles. The van der Waals surface area contributed by atoms with E-state index >= 15 is 0 Å². The number of rotatable bonds is 4. The van der Waals surface area contributed by atoms with Crippen molar-refractivity contribution >= 4 is 27.5 Å². The molecule has 20 heavy (non-hydrogen) atoms. The summed E-state index contributed by atoms with van der Waals surface area (Å²) in [7, 11) is 0. The molecule has 0 aliphatic carbocycles. The first-order valence-electron chi connectivity index (χ1n) is 6.09. The number of carbonyl (C=O) groups excluding carboxylic acids is 1. The van der Waals surface area contributed by atoms with Gasteiger partial charge in [0.15, 0.2) is 0 Å². The molecule has 1 N–H and O–H groups in total. The van der Waals surface area contributed by atoms with E-state index in [9.17, 15) is 9.18 Å². The molecule has 0 saturated carbocycles. The molecule has 3 nitrogen and oxygen atoms in total. The minimum absolute atomic E-state index is 0.305. The summed E-state index contributed by atoms with van der Waals surface area (Å²) in [6.45, 7) is 2.50. The van der Waals surface area contributed by atoms with Gasteiger partial charge in [0.1, 0.15) is 11.6 Å². The fourth-order valence-corrected chi connectivity index (χ4v) is 2.20. The number of hydrogen-bond acceptors (Lipinski definition) is 2. The van der Waals surface area contributed by atoms with Crippen LogP contribution in [-0.2, 0) is 0 Å². The third-order valence-corrected chi connectivity index (χ3v) is 3.26. The molecule has 0 radical (unpaired) electrons. The summed E-state index contributed by atoms with van der Waals surface area (Å²) in [6, 6.07) is 11.0. The van der Waals surface area contributed by atoms with E-state index in [1.54, 1.807) is 24.3 Å². The van der Waals surface area contributed by atoms with Gasteiger partial charge in [0.25, 0.3) is 5.91 Å². The predicted octanol–water partition coefficient (Wildman–Crippen LogP) is 4.24. The predicted molar refractivity (Wildman–Crippen MR) is 79.7 cm³/mol. The van der Waals surface area contributed by atoms with Crippen LogP contribution in [0.3, 0.4) is 0 Å². The van der Waals surface area contributed by atoms with E-state index in [1.165, 1.54) is 18.2 Å². The van der Waals surface area contributed by atoms with Gasteiger partial charge in [0.05, 0.1) is 12.2 Å². The van der Waals surface area contributed by atoms with Gasteiger partial charge >= 0.3 is 0 Å². The fourth-order valence-electron chi connectivity index (χ4n) is 1.67. The molecule has 0 fully saturated rings. The van der Waals surface area contributed by atoms with Gasteiger partial charge in [-0.1, -0.05) is 0 Å². The van der Waals surface area contributed by atoms with Crippen molar-refractivity contribution in [3.05, 3.63) is 58.3 Å². The van der Waals surface area contributed by atoms with Crippen molar-refractivity contribution < 1.29 is 13.9 Å². The van der Waals surface area contributed by atoms with Crippen molar-refractivity contribution in [1.29, 1.82) is 0 Å².